The van der Waals surface area contributed by atoms with Crippen LogP contribution in [-0.2, 0) is 13.0 Å². The highest BCUT2D eigenvalue weighted by molar-refractivity contribution is 7.15. The van der Waals surface area contributed by atoms with Gasteiger partial charge in [-0.1, -0.05) is 0 Å². The molecule has 0 spiro atoms. The first-order chi connectivity index (χ1) is 9.13. The topological polar surface area (TPSA) is 28.2 Å². The predicted molar refractivity (Wildman–Crippen MR) is 81.9 cm³/mol. The second-order valence-electron chi connectivity index (χ2n) is 5.32. The Bertz CT molecular complexity index is 572. The van der Waals surface area contributed by atoms with Crippen molar-refractivity contribution in [1.29, 1.82) is 0 Å². The number of hydrogen-bond donors (Lipinski definition) is 1. The molecule has 3 rings (SSSR count). The van der Waals surface area contributed by atoms with Crippen LogP contribution in [0.1, 0.15) is 17.5 Å². The maximum absolute atomic E-state index is 4.81. The number of anilines is 1. The molecular formula is C15H19N3S. The van der Waals surface area contributed by atoms with E-state index in [-0.39, 0.29) is 0 Å². The van der Waals surface area contributed by atoms with E-state index in [1.165, 1.54) is 21.8 Å². The van der Waals surface area contributed by atoms with E-state index in [2.05, 4.69) is 55.5 Å². The highest BCUT2D eigenvalue weighted by Crippen LogP contribution is 2.31. The molecule has 4 heteroatoms. The molecule has 0 saturated carbocycles. The maximum atomic E-state index is 4.81. The summed E-state index contributed by atoms with van der Waals surface area (Å²) in [5.41, 5.74) is 3.72. The molecule has 100 valence electrons. The summed E-state index contributed by atoms with van der Waals surface area (Å²) in [4.78, 5) is 8.32. The zero-order valence-corrected chi connectivity index (χ0v) is 12.4. The normalized spacial score (nSPS) is 18.2. The quantitative estimate of drug-likeness (QED) is 0.912. The maximum Gasteiger partial charge on any atom is 0.123 e. The number of aromatic nitrogens is 1. The van der Waals surface area contributed by atoms with Gasteiger partial charge in [-0.2, -0.15) is 0 Å². The molecule has 3 nitrogen and oxygen atoms in total. The molecule has 1 unspecified atom stereocenters. The van der Waals surface area contributed by atoms with Crippen molar-refractivity contribution >= 4 is 17.0 Å². The van der Waals surface area contributed by atoms with Gasteiger partial charge in [0.2, 0.25) is 0 Å². The Labute approximate surface area is 118 Å². The van der Waals surface area contributed by atoms with E-state index in [0.29, 0.717) is 6.04 Å². The van der Waals surface area contributed by atoms with Gasteiger partial charge < -0.3 is 10.2 Å². The lowest BCUT2D eigenvalue weighted by Gasteiger charge is -2.18. The Morgan fingerprint density at radius 2 is 2.00 bits per heavy atom. The van der Waals surface area contributed by atoms with Crippen molar-refractivity contribution < 1.29 is 0 Å². The van der Waals surface area contributed by atoms with E-state index < -0.39 is 0 Å². The highest BCUT2D eigenvalue weighted by atomic mass is 32.1. The van der Waals surface area contributed by atoms with Crippen LogP contribution in [0.15, 0.2) is 24.3 Å². The largest absolute Gasteiger partial charge is 0.378 e. The van der Waals surface area contributed by atoms with Gasteiger partial charge in [0.1, 0.15) is 5.01 Å². The van der Waals surface area contributed by atoms with Crippen LogP contribution in [0, 0.1) is 0 Å². The van der Waals surface area contributed by atoms with Crippen molar-refractivity contribution in [3.8, 4) is 10.6 Å². The lowest BCUT2D eigenvalue weighted by Crippen LogP contribution is -2.32. The molecule has 0 radical (unpaired) electrons. The number of fused-ring (bicyclic) bond motifs is 1. The Kier molecular flexibility index (Phi) is 3.29. The van der Waals surface area contributed by atoms with Gasteiger partial charge in [-0.25, -0.2) is 4.98 Å². The zero-order chi connectivity index (χ0) is 13.4. The smallest absolute Gasteiger partial charge is 0.123 e. The van der Waals surface area contributed by atoms with Gasteiger partial charge in [0.15, 0.2) is 0 Å². The second-order valence-corrected chi connectivity index (χ2v) is 6.40. The fraction of sp³-hybridized carbons (Fsp3) is 0.400. The number of rotatable bonds is 2. The standard InChI is InChI=1S/C15H19N3S/c1-10-8-13-14(9-16-10)19-15(17-13)11-4-6-12(7-5-11)18(2)3/h4-7,10,16H,8-9H2,1-3H3. The molecule has 2 aromatic rings. The summed E-state index contributed by atoms with van der Waals surface area (Å²) in [6.45, 7) is 3.18. The molecule has 0 aliphatic carbocycles. The van der Waals surface area contributed by atoms with Gasteiger partial charge in [0.25, 0.3) is 0 Å². The number of nitrogens with one attached hydrogen (secondary N) is 1. The lowest BCUT2D eigenvalue weighted by molar-refractivity contribution is 0.513. The minimum atomic E-state index is 0.540. The second kappa shape index (κ2) is 4.94. The van der Waals surface area contributed by atoms with Crippen LogP contribution < -0.4 is 10.2 Å². The van der Waals surface area contributed by atoms with E-state index >= 15 is 0 Å². The molecular weight excluding hydrogens is 254 g/mol. The molecule has 1 N–H and O–H groups in total. The molecule has 1 aromatic carbocycles. The molecule has 0 fully saturated rings. The summed E-state index contributed by atoms with van der Waals surface area (Å²) < 4.78 is 0. The predicted octanol–water partition coefficient (Wildman–Crippen LogP) is 2.91. The average molecular weight is 273 g/mol. The number of nitrogens with zero attached hydrogens (tertiary/aromatic N) is 2. The molecule has 19 heavy (non-hydrogen) atoms. The summed E-state index contributed by atoms with van der Waals surface area (Å²) in [5.74, 6) is 0. The fourth-order valence-corrected chi connectivity index (χ4v) is 3.38. The van der Waals surface area contributed by atoms with Crippen molar-refractivity contribution in [3.63, 3.8) is 0 Å². The molecule has 1 aromatic heterocycles. The third kappa shape index (κ3) is 2.51. The summed E-state index contributed by atoms with van der Waals surface area (Å²) in [5, 5.41) is 4.64. The minimum absolute atomic E-state index is 0.540. The van der Waals surface area contributed by atoms with Crippen LogP contribution in [0.25, 0.3) is 10.6 Å². The molecule has 1 aliphatic rings. The van der Waals surface area contributed by atoms with Gasteiger partial charge in [-0.05, 0) is 31.2 Å². The SMILES string of the molecule is CC1Cc2nc(-c3ccc(N(C)C)cc3)sc2CN1. The monoisotopic (exact) mass is 273 g/mol. The fourth-order valence-electron chi connectivity index (χ4n) is 2.34. The van der Waals surface area contributed by atoms with Crippen molar-refractivity contribution in [2.24, 2.45) is 0 Å². The van der Waals surface area contributed by atoms with Gasteiger partial charge in [0.05, 0.1) is 5.69 Å². The van der Waals surface area contributed by atoms with Crippen LogP contribution in [0.3, 0.4) is 0 Å². The molecule has 1 atom stereocenters. The first-order valence-electron chi connectivity index (χ1n) is 6.63. The van der Waals surface area contributed by atoms with Gasteiger partial charge >= 0.3 is 0 Å². The van der Waals surface area contributed by atoms with Crippen molar-refractivity contribution in [1.82, 2.24) is 10.3 Å². The van der Waals surface area contributed by atoms with Gasteiger partial charge in [0, 0.05) is 49.2 Å². The van der Waals surface area contributed by atoms with E-state index in [1.54, 1.807) is 0 Å². The van der Waals surface area contributed by atoms with E-state index in [1.807, 2.05) is 11.3 Å². The summed E-state index contributed by atoms with van der Waals surface area (Å²) >= 11 is 1.82. The third-order valence-corrected chi connectivity index (χ3v) is 4.67. The van der Waals surface area contributed by atoms with Crippen molar-refractivity contribution in [2.45, 2.75) is 25.9 Å². The van der Waals surface area contributed by atoms with E-state index in [0.717, 1.165) is 18.0 Å². The van der Waals surface area contributed by atoms with Crippen LogP contribution in [0.4, 0.5) is 5.69 Å². The number of thiazole rings is 1. The summed E-state index contributed by atoms with van der Waals surface area (Å²) in [6.07, 6.45) is 1.04. The van der Waals surface area contributed by atoms with Crippen molar-refractivity contribution in [3.05, 3.63) is 34.8 Å². The third-order valence-electron chi connectivity index (χ3n) is 3.52. The Hall–Kier alpha value is -1.39. The molecule has 1 aliphatic heterocycles. The van der Waals surface area contributed by atoms with Crippen molar-refractivity contribution in [2.75, 3.05) is 19.0 Å². The Morgan fingerprint density at radius 3 is 2.68 bits per heavy atom. The Morgan fingerprint density at radius 1 is 1.26 bits per heavy atom. The molecule has 2 heterocycles. The zero-order valence-electron chi connectivity index (χ0n) is 11.6. The van der Waals surface area contributed by atoms with Gasteiger partial charge in [-0.3, -0.25) is 0 Å². The first kappa shape index (κ1) is 12.6. The van der Waals surface area contributed by atoms with E-state index in [4.69, 9.17) is 4.98 Å². The Balaban J connectivity index is 1.90. The number of benzene rings is 1. The summed E-state index contributed by atoms with van der Waals surface area (Å²) in [7, 11) is 4.12. The van der Waals surface area contributed by atoms with Gasteiger partial charge in [-0.15, -0.1) is 11.3 Å². The average Bonchev–Trinajstić information content (AvgIpc) is 2.81. The van der Waals surface area contributed by atoms with Crippen LogP contribution in [0.2, 0.25) is 0 Å². The summed E-state index contributed by atoms with van der Waals surface area (Å²) in [6, 6.07) is 9.17. The van der Waals surface area contributed by atoms with Crippen LogP contribution in [-0.4, -0.2) is 25.1 Å². The number of hydrogen-bond acceptors (Lipinski definition) is 4. The first-order valence-corrected chi connectivity index (χ1v) is 7.45. The lowest BCUT2D eigenvalue weighted by atomic mass is 10.1. The molecule has 0 amide bonds. The molecule has 0 bridgehead atoms. The minimum Gasteiger partial charge on any atom is -0.378 e. The van der Waals surface area contributed by atoms with Crippen LogP contribution in [0.5, 0.6) is 0 Å². The van der Waals surface area contributed by atoms with Crippen LogP contribution >= 0.6 is 11.3 Å². The van der Waals surface area contributed by atoms with E-state index in [9.17, 15) is 0 Å². The molecule has 0 saturated heterocycles. The highest BCUT2D eigenvalue weighted by Gasteiger charge is 2.19.